The van der Waals surface area contributed by atoms with Crippen molar-refractivity contribution in [2.75, 3.05) is 49.2 Å². The van der Waals surface area contributed by atoms with Gasteiger partial charge in [-0.15, -0.1) is 0 Å². The van der Waals surface area contributed by atoms with Gasteiger partial charge >= 0.3 is 0 Å². The number of carbonyl (C=O) groups is 1. The molecule has 3 aromatic rings. The summed E-state index contributed by atoms with van der Waals surface area (Å²) in [7, 11) is 0. The topological polar surface area (TPSA) is 83.2 Å². The number of phenols is 1. The van der Waals surface area contributed by atoms with Crippen LogP contribution >= 0.6 is 0 Å². The van der Waals surface area contributed by atoms with E-state index in [1.165, 1.54) is 0 Å². The summed E-state index contributed by atoms with van der Waals surface area (Å²) in [5.41, 5.74) is 2.45. The number of morpholine rings is 1. The van der Waals surface area contributed by atoms with Gasteiger partial charge in [0.2, 0.25) is 5.43 Å². The lowest BCUT2D eigenvalue weighted by atomic mass is 9.93. The van der Waals surface area contributed by atoms with Crippen LogP contribution < -0.4 is 15.2 Å². The lowest BCUT2D eigenvalue weighted by Crippen LogP contribution is -2.36. The van der Waals surface area contributed by atoms with Gasteiger partial charge in [0.15, 0.2) is 0 Å². The number of fused-ring (bicyclic) bond motifs is 2. The molecule has 1 N–H and O–H groups in total. The molecule has 2 saturated heterocycles. The number of ketones is 1. The Morgan fingerprint density at radius 1 is 0.968 bits per heavy atom. The molecule has 1 aromatic heterocycles. The first kappa shape index (κ1) is 19.9. The molecule has 7 nitrogen and oxygen atoms in total. The highest BCUT2D eigenvalue weighted by Crippen LogP contribution is 2.33. The van der Waals surface area contributed by atoms with Crippen LogP contribution in [-0.2, 0) is 9.53 Å². The molecule has 2 aliphatic rings. The minimum absolute atomic E-state index is 0.0648. The third-order valence-corrected chi connectivity index (χ3v) is 6.53. The van der Waals surface area contributed by atoms with E-state index in [0.717, 1.165) is 50.4 Å². The number of hydrogen-bond donors (Lipinski definition) is 1. The van der Waals surface area contributed by atoms with Gasteiger partial charge in [-0.3, -0.25) is 9.59 Å². The predicted molar refractivity (Wildman–Crippen MR) is 120 cm³/mol. The third kappa shape index (κ3) is 3.63. The monoisotopic (exact) mass is 422 g/mol. The molecule has 0 atom stereocenters. The number of piperidine rings is 1. The first-order valence-electron chi connectivity index (χ1n) is 10.8. The number of aromatic hydroxyl groups is 1. The molecule has 0 radical (unpaired) electrons. The molecule has 31 heavy (non-hydrogen) atoms. The van der Waals surface area contributed by atoms with Gasteiger partial charge in [0.05, 0.1) is 18.6 Å². The maximum Gasteiger partial charge on any atom is 0.204 e. The van der Waals surface area contributed by atoms with Crippen LogP contribution in [0.1, 0.15) is 19.8 Å². The average molecular weight is 422 g/mol. The van der Waals surface area contributed by atoms with E-state index in [0.29, 0.717) is 29.8 Å². The summed E-state index contributed by atoms with van der Waals surface area (Å²) in [6.07, 6.45) is 1.68. The minimum Gasteiger partial charge on any atom is -0.507 e. The predicted octanol–water partition coefficient (Wildman–Crippen LogP) is 3.29. The number of benzene rings is 2. The van der Waals surface area contributed by atoms with Crippen molar-refractivity contribution in [1.29, 1.82) is 0 Å². The first-order chi connectivity index (χ1) is 15.0. The van der Waals surface area contributed by atoms with E-state index in [-0.39, 0.29) is 28.3 Å². The van der Waals surface area contributed by atoms with E-state index in [9.17, 15) is 14.7 Å². The quantitative estimate of drug-likeness (QED) is 0.649. The van der Waals surface area contributed by atoms with Crippen molar-refractivity contribution in [3.63, 3.8) is 0 Å². The Labute approximate surface area is 179 Å². The number of anilines is 2. The highest BCUT2D eigenvalue weighted by molar-refractivity contribution is 5.95. The van der Waals surface area contributed by atoms with Crippen molar-refractivity contribution in [1.82, 2.24) is 0 Å². The Bertz CT molecular complexity index is 1200. The van der Waals surface area contributed by atoms with Crippen molar-refractivity contribution < 1.29 is 19.1 Å². The van der Waals surface area contributed by atoms with Gasteiger partial charge in [-0.25, -0.2) is 0 Å². The van der Waals surface area contributed by atoms with Gasteiger partial charge in [0.25, 0.3) is 0 Å². The lowest BCUT2D eigenvalue weighted by molar-refractivity contribution is -0.121. The molecule has 0 amide bonds. The number of rotatable bonds is 3. The zero-order valence-electron chi connectivity index (χ0n) is 17.6. The second-order valence-corrected chi connectivity index (χ2v) is 8.42. The molecule has 3 heterocycles. The minimum atomic E-state index is -0.232. The van der Waals surface area contributed by atoms with Gasteiger partial charge in [-0.1, -0.05) is 0 Å². The Hall–Kier alpha value is -3.06. The zero-order valence-corrected chi connectivity index (χ0v) is 17.6. The van der Waals surface area contributed by atoms with Crippen molar-refractivity contribution >= 4 is 39.1 Å². The fourth-order valence-corrected chi connectivity index (χ4v) is 4.68. The van der Waals surface area contributed by atoms with E-state index < -0.39 is 0 Å². The number of nitrogens with zero attached hydrogens (tertiary/aromatic N) is 2. The smallest absolute Gasteiger partial charge is 0.204 e. The van der Waals surface area contributed by atoms with Crippen LogP contribution in [0.3, 0.4) is 0 Å². The van der Waals surface area contributed by atoms with Crippen molar-refractivity contribution in [2.45, 2.75) is 19.8 Å². The fourth-order valence-electron chi connectivity index (χ4n) is 4.68. The molecular weight excluding hydrogens is 396 g/mol. The van der Waals surface area contributed by atoms with Crippen molar-refractivity contribution in [3.8, 4) is 5.75 Å². The molecule has 2 aromatic carbocycles. The summed E-state index contributed by atoms with van der Waals surface area (Å²) in [6, 6.07) is 9.03. The van der Waals surface area contributed by atoms with Gasteiger partial charge in [0.1, 0.15) is 28.1 Å². The number of carbonyl (C=O) groups excluding carboxylic acids is 1. The maximum absolute atomic E-state index is 13.1. The standard InChI is InChI=1S/C24H26N2O5/c1-15(27)16-4-6-25(7-5-16)17-2-3-19-21(13-17)31-22-14-18(26-8-10-30-11-9-26)12-20(28)23(22)24(19)29/h2-3,12-14,16,28H,4-11H2,1H3. The van der Waals surface area contributed by atoms with Crippen molar-refractivity contribution in [3.05, 3.63) is 40.6 Å². The number of hydrogen-bond acceptors (Lipinski definition) is 7. The van der Waals surface area contributed by atoms with Gasteiger partial charge in [-0.05, 0) is 31.9 Å². The van der Waals surface area contributed by atoms with Gasteiger partial charge < -0.3 is 24.1 Å². The second-order valence-electron chi connectivity index (χ2n) is 8.42. The van der Waals surface area contributed by atoms with Crippen LogP contribution in [0.15, 0.2) is 39.5 Å². The Morgan fingerprint density at radius 2 is 1.65 bits per heavy atom. The first-order valence-corrected chi connectivity index (χ1v) is 10.8. The normalized spacial score (nSPS) is 18.1. The van der Waals surface area contributed by atoms with E-state index in [1.807, 2.05) is 18.2 Å². The second kappa shape index (κ2) is 7.89. The van der Waals surface area contributed by atoms with E-state index in [1.54, 1.807) is 19.1 Å². The molecular formula is C24H26N2O5. The molecule has 0 bridgehead atoms. The van der Waals surface area contributed by atoms with E-state index in [4.69, 9.17) is 9.15 Å². The van der Waals surface area contributed by atoms with Gasteiger partial charge in [0, 0.05) is 61.7 Å². The third-order valence-electron chi connectivity index (χ3n) is 6.53. The zero-order chi connectivity index (χ0) is 21.5. The van der Waals surface area contributed by atoms with Crippen LogP contribution in [0, 0.1) is 5.92 Å². The van der Waals surface area contributed by atoms with E-state index >= 15 is 0 Å². The summed E-state index contributed by atoms with van der Waals surface area (Å²) in [5.74, 6) is 0.330. The van der Waals surface area contributed by atoms with Gasteiger partial charge in [-0.2, -0.15) is 0 Å². The SMILES string of the molecule is CC(=O)C1CCN(c2ccc3c(=O)c4c(O)cc(N5CCOCC5)cc4oc3c2)CC1. The van der Waals surface area contributed by atoms with E-state index in [2.05, 4.69) is 9.80 Å². The molecule has 0 unspecified atom stereocenters. The summed E-state index contributed by atoms with van der Waals surface area (Å²) in [5, 5.41) is 11.3. The molecule has 0 aliphatic carbocycles. The lowest BCUT2D eigenvalue weighted by Gasteiger charge is -2.32. The van der Waals surface area contributed by atoms with Crippen LogP contribution in [0.2, 0.25) is 0 Å². The molecule has 0 spiro atoms. The van der Waals surface area contributed by atoms with Crippen LogP contribution in [-0.4, -0.2) is 50.3 Å². The summed E-state index contributed by atoms with van der Waals surface area (Å²) >= 11 is 0. The highest BCUT2D eigenvalue weighted by atomic mass is 16.5. The summed E-state index contributed by atoms with van der Waals surface area (Å²) in [4.78, 5) is 29.1. The Balaban J connectivity index is 1.54. The Morgan fingerprint density at radius 3 is 2.35 bits per heavy atom. The van der Waals surface area contributed by atoms with Crippen LogP contribution in [0.5, 0.6) is 5.75 Å². The molecule has 0 saturated carbocycles. The molecule has 162 valence electrons. The largest absolute Gasteiger partial charge is 0.507 e. The fraction of sp³-hybridized carbons (Fsp3) is 0.417. The number of ether oxygens (including phenoxy) is 1. The molecule has 2 fully saturated rings. The van der Waals surface area contributed by atoms with Crippen molar-refractivity contribution in [2.24, 2.45) is 5.92 Å². The summed E-state index contributed by atoms with van der Waals surface area (Å²) in [6.45, 7) is 5.97. The number of phenolic OH excluding ortho intramolecular Hbond substituents is 1. The average Bonchev–Trinajstić information content (AvgIpc) is 2.79. The van der Waals surface area contributed by atoms with Crippen LogP contribution in [0.4, 0.5) is 11.4 Å². The molecule has 2 aliphatic heterocycles. The Kier molecular flexibility index (Phi) is 5.06. The van der Waals surface area contributed by atoms with Crippen LogP contribution in [0.25, 0.3) is 21.9 Å². The summed E-state index contributed by atoms with van der Waals surface area (Å²) < 4.78 is 11.5. The number of Topliss-reactive ketones (excluding diaryl/α,β-unsaturated/α-hetero) is 1. The highest BCUT2D eigenvalue weighted by Gasteiger charge is 2.23. The molecule has 7 heteroatoms. The maximum atomic E-state index is 13.1. The molecule has 5 rings (SSSR count).